The van der Waals surface area contributed by atoms with Crippen LogP contribution in [0.5, 0.6) is 0 Å². The van der Waals surface area contributed by atoms with E-state index in [4.69, 9.17) is 15.6 Å². The maximum Gasteiger partial charge on any atom is 0.337 e. The Morgan fingerprint density at radius 1 is 1.30 bits per heavy atom. The number of nitrogen functional groups attached to an aromatic ring is 1. The fourth-order valence-corrected chi connectivity index (χ4v) is 3.71. The summed E-state index contributed by atoms with van der Waals surface area (Å²) in [5.74, 6) is -1.30. The van der Waals surface area contributed by atoms with Gasteiger partial charge in [-0.2, -0.15) is 4.31 Å². The van der Waals surface area contributed by atoms with E-state index in [2.05, 4.69) is 0 Å². The molecule has 0 radical (unpaired) electrons. The number of hydrogen-bond acceptors (Lipinski definition) is 5. The van der Waals surface area contributed by atoms with Crippen LogP contribution in [0.25, 0.3) is 0 Å². The topological polar surface area (TPSA) is 110 Å². The average molecular weight is 300 g/mol. The van der Waals surface area contributed by atoms with Crippen LogP contribution in [0.1, 0.15) is 16.8 Å². The van der Waals surface area contributed by atoms with Crippen molar-refractivity contribution in [2.24, 2.45) is 0 Å². The van der Waals surface area contributed by atoms with E-state index in [9.17, 15) is 13.2 Å². The molecule has 0 aliphatic carbocycles. The molecule has 1 aromatic rings. The van der Waals surface area contributed by atoms with E-state index in [0.717, 1.165) is 0 Å². The first-order valence-electron chi connectivity index (χ1n) is 6.13. The number of carboxylic acid groups (broad SMARTS) is 1. The monoisotopic (exact) mass is 300 g/mol. The highest BCUT2D eigenvalue weighted by molar-refractivity contribution is 7.89. The molecule has 0 saturated carbocycles. The zero-order valence-corrected chi connectivity index (χ0v) is 11.6. The van der Waals surface area contributed by atoms with Gasteiger partial charge in [0.05, 0.1) is 17.1 Å². The van der Waals surface area contributed by atoms with E-state index >= 15 is 0 Å². The Balaban J connectivity index is 2.47. The highest BCUT2D eigenvalue weighted by Crippen LogP contribution is 2.23. The average Bonchev–Trinajstić information content (AvgIpc) is 2.67. The Morgan fingerprint density at radius 3 is 2.75 bits per heavy atom. The molecule has 20 heavy (non-hydrogen) atoms. The third-order valence-corrected chi connectivity index (χ3v) is 4.97. The lowest BCUT2D eigenvalue weighted by atomic mass is 10.2. The third kappa shape index (κ3) is 2.92. The number of benzene rings is 1. The number of carbonyl (C=O) groups is 1. The van der Waals surface area contributed by atoms with Crippen molar-refractivity contribution >= 4 is 21.7 Å². The molecule has 0 unspecified atom stereocenters. The highest BCUT2D eigenvalue weighted by Gasteiger charge is 2.29. The molecule has 1 aliphatic heterocycles. The van der Waals surface area contributed by atoms with Gasteiger partial charge in [0.2, 0.25) is 10.0 Å². The van der Waals surface area contributed by atoms with E-state index in [-0.39, 0.29) is 22.7 Å². The van der Waals surface area contributed by atoms with Crippen LogP contribution in [0.2, 0.25) is 0 Å². The Kier molecular flexibility index (Phi) is 4.26. The number of carboxylic acids is 1. The summed E-state index contributed by atoms with van der Waals surface area (Å²) in [6, 6.07) is 3.76. The number of nitrogens with two attached hydrogens (primary N) is 1. The van der Waals surface area contributed by atoms with Crippen molar-refractivity contribution in [3.05, 3.63) is 23.8 Å². The predicted octanol–water partition coefficient (Wildman–Crippen LogP) is 0.378. The minimum Gasteiger partial charge on any atom is -0.478 e. The second-order valence-corrected chi connectivity index (χ2v) is 6.34. The van der Waals surface area contributed by atoms with Crippen LogP contribution in [0.15, 0.2) is 23.1 Å². The quantitative estimate of drug-likeness (QED) is 0.781. The van der Waals surface area contributed by atoms with Crippen LogP contribution in [0, 0.1) is 0 Å². The Morgan fingerprint density at radius 2 is 2.05 bits per heavy atom. The summed E-state index contributed by atoms with van der Waals surface area (Å²) in [5, 5.41) is 9.13. The van der Waals surface area contributed by atoms with Crippen molar-refractivity contribution in [1.82, 2.24) is 4.31 Å². The lowest BCUT2D eigenvalue weighted by Gasteiger charge is -2.20. The summed E-state index contributed by atoms with van der Waals surface area (Å²) in [5.41, 5.74) is 5.52. The standard InChI is InChI=1S/C12H16N2O5S/c13-9-2-3-10(12(15)16)11(8-9)20(17,18)14-4-1-6-19-7-5-14/h2-3,8H,1,4-7,13H2,(H,15,16). The predicted molar refractivity (Wildman–Crippen MR) is 72.0 cm³/mol. The summed E-state index contributed by atoms with van der Waals surface area (Å²) < 4.78 is 31.6. The summed E-state index contributed by atoms with van der Waals surface area (Å²) >= 11 is 0. The summed E-state index contributed by atoms with van der Waals surface area (Å²) in [6.45, 7) is 1.30. The molecule has 110 valence electrons. The van der Waals surface area contributed by atoms with Gasteiger partial charge >= 0.3 is 5.97 Å². The minimum absolute atomic E-state index is 0.205. The molecule has 0 aromatic heterocycles. The maximum atomic E-state index is 12.6. The number of rotatable bonds is 3. The Hall–Kier alpha value is -1.64. The van der Waals surface area contributed by atoms with E-state index in [0.29, 0.717) is 26.2 Å². The third-order valence-electron chi connectivity index (χ3n) is 3.04. The van der Waals surface area contributed by atoms with Crippen molar-refractivity contribution in [2.45, 2.75) is 11.3 Å². The van der Waals surface area contributed by atoms with Gasteiger partial charge in [-0.25, -0.2) is 13.2 Å². The molecule has 0 amide bonds. The van der Waals surface area contributed by atoms with Gasteiger partial charge in [0, 0.05) is 25.4 Å². The zero-order valence-electron chi connectivity index (χ0n) is 10.8. The first-order chi connectivity index (χ1) is 9.43. The molecule has 7 nitrogen and oxygen atoms in total. The van der Waals surface area contributed by atoms with Gasteiger partial charge in [0.1, 0.15) is 0 Å². The largest absolute Gasteiger partial charge is 0.478 e. The lowest BCUT2D eigenvalue weighted by Crippen LogP contribution is -2.34. The molecule has 0 bridgehead atoms. The van der Waals surface area contributed by atoms with Crippen molar-refractivity contribution in [1.29, 1.82) is 0 Å². The van der Waals surface area contributed by atoms with Crippen LogP contribution in [0.4, 0.5) is 5.69 Å². The van der Waals surface area contributed by atoms with Crippen LogP contribution in [-0.2, 0) is 14.8 Å². The molecule has 1 heterocycles. The molecule has 1 fully saturated rings. The molecule has 0 atom stereocenters. The molecule has 8 heteroatoms. The Bertz CT molecular complexity index is 606. The first-order valence-corrected chi connectivity index (χ1v) is 7.57. The molecule has 3 N–H and O–H groups in total. The van der Waals surface area contributed by atoms with Gasteiger partial charge in [-0.15, -0.1) is 0 Å². The second kappa shape index (κ2) is 5.78. The first kappa shape index (κ1) is 14.8. The van der Waals surface area contributed by atoms with Gasteiger partial charge < -0.3 is 15.6 Å². The normalized spacial score (nSPS) is 17.6. The molecular weight excluding hydrogens is 284 g/mol. The second-order valence-electron chi connectivity index (χ2n) is 4.43. The highest BCUT2D eigenvalue weighted by atomic mass is 32.2. The van der Waals surface area contributed by atoms with Gasteiger partial charge in [-0.3, -0.25) is 0 Å². The minimum atomic E-state index is -3.89. The zero-order chi connectivity index (χ0) is 14.8. The van der Waals surface area contributed by atoms with Crippen LogP contribution >= 0.6 is 0 Å². The van der Waals surface area contributed by atoms with Gasteiger partial charge in [0.25, 0.3) is 0 Å². The SMILES string of the molecule is Nc1ccc(C(=O)O)c(S(=O)(=O)N2CCCOCC2)c1. The Labute approximate surface area is 117 Å². The van der Waals surface area contributed by atoms with Gasteiger partial charge in [-0.1, -0.05) is 0 Å². The molecule has 0 spiro atoms. The van der Waals surface area contributed by atoms with Crippen molar-refractivity contribution in [2.75, 3.05) is 32.0 Å². The van der Waals surface area contributed by atoms with Gasteiger partial charge in [-0.05, 0) is 24.6 Å². The molecule has 2 rings (SSSR count). The van der Waals surface area contributed by atoms with Crippen LogP contribution < -0.4 is 5.73 Å². The molecular formula is C12H16N2O5S. The van der Waals surface area contributed by atoms with E-state index in [1.54, 1.807) is 0 Å². The van der Waals surface area contributed by atoms with Crippen LogP contribution in [0.3, 0.4) is 0 Å². The number of aromatic carboxylic acids is 1. The van der Waals surface area contributed by atoms with Crippen molar-refractivity contribution in [3.8, 4) is 0 Å². The molecule has 1 aliphatic rings. The summed E-state index contributed by atoms with van der Waals surface area (Å²) in [4.78, 5) is 10.9. The smallest absolute Gasteiger partial charge is 0.337 e. The van der Waals surface area contributed by atoms with Crippen molar-refractivity contribution in [3.63, 3.8) is 0 Å². The van der Waals surface area contributed by atoms with E-state index < -0.39 is 16.0 Å². The molecule has 1 aromatic carbocycles. The summed E-state index contributed by atoms with van der Waals surface area (Å²) in [7, 11) is -3.89. The summed E-state index contributed by atoms with van der Waals surface area (Å²) in [6.07, 6.45) is 0.573. The van der Waals surface area contributed by atoms with Gasteiger partial charge in [0.15, 0.2) is 0 Å². The van der Waals surface area contributed by atoms with E-state index in [1.807, 2.05) is 0 Å². The number of anilines is 1. The number of hydrogen-bond donors (Lipinski definition) is 2. The fourth-order valence-electron chi connectivity index (χ4n) is 2.03. The number of nitrogens with zero attached hydrogens (tertiary/aromatic N) is 1. The number of sulfonamides is 1. The lowest BCUT2D eigenvalue weighted by molar-refractivity contribution is 0.0692. The number of ether oxygens (including phenoxy) is 1. The maximum absolute atomic E-state index is 12.6. The van der Waals surface area contributed by atoms with Crippen molar-refractivity contribution < 1.29 is 23.1 Å². The fraction of sp³-hybridized carbons (Fsp3) is 0.417. The van der Waals surface area contributed by atoms with E-state index in [1.165, 1.54) is 22.5 Å². The molecule has 1 saturated heterocycles. The van der Waals surface area contributed by atoms with Crippen LogP contribution in [-0.4, -0.2) is 50.1 Å².